The Morgan fingerprint density at radius 2 is 1.46 bits per heavy atom. The Labute approximate surface area is 139 Å². The van der Waals surface area contributed by atoms with Gasteiger partial charge in [-0.1, -0.05) is 60.7 Å². The fourth-order valence-electron chi connectivity index (χ4n) is 2.44. The van der Waals surface area contributed by atoms with E-state index in [-0.39, 0.29) is 0 Å². The molecule has 0 saturated carbocycles. The van der Waals surface area contributed by atoms with Crippen LogP contribution in [0.3, 0.4) is 0 Å². The van der Waals surface area contributed by atoms with E-state index in [4.69, 9.17) is 19.9 Å². The van der Waals surface area contributed by atoms with Gasteiger partial charge in [0.1, 0.15) is 5.76 Å². The minimum atomic E-state index is -1.12. The molecule has 5 heteroatoms. The van der Waals surface area contributed by atoms with Gasteiger partial charge < -0.3 is 9.15 Å². The highest BCUT2D eigenvalue weighted by Gasteiger charge is 2.29. The predicted octanol–water partition coefficient (Wildman–Crippen LogP) is 3.54. The molecule has 1 aromatic heterocycles. The molecule has 2 aromatic carbocycles. The van der Waals surface area contributed by atoms with Crippen molar-refractivity contribution in [3.05, 3.63) is 95.9 Å². The van der Waals surface area contributed by atoms with Crippen LogP contribution in [0.4, 0.5) is 0 Å². The summed E-state index contributed by atoms with van der Waals surface area (Å²) in [6.45, 7) is 0. The van der Waals surface area contributed by atoms with Crippen LogP contribution in [0.15, 0.2) is 83.5 Å². The van der Waals surface area contributed by atoms with Crippen molar-refractivity contribution in [3.8, 4) is 0 Å². The van der Waals surface area contributed by atoms with Crippen LogP contribution in [0.25, 0.3) is 0 Å². The SMILES string of the molecule is NOC(C(=O)OC(c1ccccc1)c1ccccc1)c1ccco1. The van der Waals surface area contributed by atoms with Crippen molar-refractivity contribution in [2.75, 3.05) is 0 Å². The summed E-state index contributed by atoms with van der Waals surface area (Å²) in [5, 5.41) is 0. The smallest absolute Gasteiger partial charge is 0.346 e. The minimum absolute atomic E-state index is 0.294. The molecule has 0 aliphatic rings. The zero-order valence-electron chi connectivity index (χ0n) is 12.9. The third-order valence-electron chi connectivity index (χ3n) is 3.59. The van der Waals surface area contributed by atoms with Crippen molar-refractivity contribution in [2.24, 2.45) is 5.90 Å². The van der Waals surface area contributed by atoms with Gasteiger partial charge in [-0.05, 0) is 23.3 Å². The number of furan rings is 1. The molecule has 0 saturated heterocycles. The maximum absolute atomic E-state index is 12.5. The van der Waals surface area contributed by atoms with Gasteiger partial charge in [0.25, 0.3) is 0 Å². The van der Waals surface area contributed by atoms with Crippen molar-refractivity contribution in [3.63, 3.8) is 0 Å². The van der Waals surface area contributed by atoms with Gasteiger partial charge in [-0.15, -0.1) is 0 Å². The maximum Gasteiger partial charge on any atom is 0.346 e. The zero-order valence-corrected chi connectivity index (χ0v) is 12.9. The topological polar surface area (TPSA) is 74.7 Å². The lowest BCUT2D eigenvalue weighted by Crippen LogP contribution is -2.23. The Morgan fingerprint density at radius 3 is 1.92 bits per heavy atom. The fourth-order valence-corrected chi connectivity index (χ4v) is 2.44. The quantitative estimate of drug-likeness (QED) is 0.555. The van der Waals surface area contributed by atoms with E-state index in [0.29, 0.717) is 5.76 Å². The Hall–Kier alpha value is -2.89. The molecule has 0 radical (unpaired) electrons. The molecule has 5 nitrogen and oxygen atoms in total. The number of nitrogens with two attached hydrogens (primary N) is 1. The van der Waals surface area contributed by atoms with E-state index in [0.717, 1.165) is 11.1 Å². The lowest BCUT2D eigenvalue weighted by atomic mass is 10.0. The highest BCUT2D eigenvalue weighted by molar-refractivity contribution is 5.76. The number of rotatable bonds is 6. The first-order valence-corrected chi connectivity index (χ1v) is 7.49. The summed E-state index contributed by atoms with van der Waals surface area (Å²) >= 11 is 0. The first kappa shape index (κ1) is 16.0. The molecule has 2 N–H and O–H groups in total. The van der Waals surface area contributed by atoms with Crippen molar-refractivity contribution >= 4 is 5.97 Å². The van der Waals surface area contributed by atoms with E-state index in [1.54, 1.807) is 12.1 Å². The number of esters is 1. The number of carbonyl (C=O) groups is 1. The Balaban J connectivity index is 1.88. The number of hydrogen-bond donors (Lipinski definition) is 1. The molecule has 0 aliphatic heterocycles. The van der Waals surface area contributed by atoms with E-state index in [1.165, 1.54) is 6.26 Å². The van der Waals surface area contributed by atoms with Crippen LogP contribution in [0, 0.1) is 0 Å². The van der Waals surface area contributed by atoms with Crippen molar-refractivity contribution in [1.82, 2.24) is 0 Å². The summed E-state index contributed by atoms with van der Waals surface area (Å²) < 4.78 is 10.9. The molecule has 0 amide bonds. The van der Waals surface area contributed by atoms with Crippen molar-refractivity contribution in [2.45, 2.75) is 12.2 Å². The van der Waals surface area contributed by atoms with Crippen LogP contribution in [-0.2, 0) is 14.4 Å². The molecule has 0 fully saturated rings. The standard InChI is InChI=1S/C19H17NO4/c20-24-18(16-12-7-13-22-16)19(21)23-17(14-8-3-1-4-9-14)15-10-5-2-6-11-15/h1-13,17-18H,20H2. The highest BCUT2D eigenvalue weighted by Crippen LogP contribution is 2.29. The van der Waals surface area contributed by atoms with Gasteiger partial charge in [0.2, 0.25) is 6.10 Å². The highest BCUT2D eigenvalue weighted by atomic mass is 16.7. The first-order valence-electron chi connectivity index (χ1n) is 7.49. The number of ether oxygens (including phenoxy) is 1. The second-order valence-electron chi connectivity index (χ2n) is 5.17. The number of hydrogen-bond acceptors (Lipinski definition) is 5. The monoisotopic (exact) mass is 323 g/mol. The molecule has 3 aromatic rings. The molecular weight excluding hydrogens is 306 g/mol. The van der Waals surface area contributed by atoms with Gasteiger partial charge in [0.05, 0.1) is 6.26 Å². The molecule has 122 valence electrons. The van der Waals surface area contributed by atoms with Gasteiger partial charge in [-0.25, -0.2) is 10.7 Å². The van der Waals surface area contributed by atoms with Crippen LogP contribution >= 0.6 is 0 Å². The van der Waals surface area contributed by atoms with Gasteiger partial charge >= 0.3 is 5.97 Å². The van der Waals surface area contributed by atoms with E-state index >= 15 is 0 Å². The zero-order chi connectivity index (χ0) is 16.8. The van der Waals surface area contributed by atoms with Crippen LogP contribution in [0.2, 0.25) is 0 Å². The van der Waals surface area contributed by atoms with Gasteiger partial charge in [-0.3, -0.25) is 4.84 Å². The molecular formula is C19H17NO4. The summed E-state index contributed by atoms with van der Waals surface area (Å²) in [4.78, 5) is 17.3. The number of carbonyl (C=O) groups excluding carboxylic acids is 1. The number of benzene rings is 2. The summed E-state index contributed by atoms with van der Waals surface area (Å²) in [7, 11) is 0. The Morgan fingerprint density at radius 1 is 0.875 bits per heavy atom. The molecule has 0 bridgehead atoms. The molecule has 0 spiro atoms. The summed E-state index contributed by atoms with van der Waals surface area (Å²) in [5.74, 6) is 4.93. The second-order valence-corrected chi connectivity index (χ2v) is 5.17. The average molecular weight is 323 g/mol. The van der Waals surface area contributed by atoms with Crippen LogP contribution < -0.4 is 5.90 Å². The van der Waals surface area contributed by atoms with Gasteiger partial charge in [0, 0.05) is 0 Å². The normalized spacial score (nSPS) is 12.1. The van der Waals surface area contributed by atoms with Crippen molar-refractivity contribution < 1.29 is 18.8 Å². The molecule has 24 heavy (non-hydrogen) atoms. The Bertz CT molecular complexity index is 717. The van der Waals surface area contributed by atoms with E-state index in [1.807, 2.05) is 60.7 Å². The molecule has 1 unspecified atom stereocenters. The van der Waals surface area contributed by atoms with Crippen LogP contribution in [0.5, 0.6) is 0 Å². The van der Waals surface area contributed by atoms with E-state index in [9.17, 15) is 4.79 Å². The summed E-state index contributed by atoms with van der Waals surface area (Å²) in [5.41, 5.74) is 1.71. The van der Waals surface area contributed by atoms with E-state index in [2.05, 4.69) is 0 Å². The van der Waals surface area contributed by atoms with Crippen molar-refractivity contribution in [1.29, 1.82) is 0 Å². The van der Waals surface area contributed by atoms with Gasteiger partial charge in [-0.2, -0.15) is 0 Å². The minimum Gasteiger partial charge on any atom is -0.466 e. The molecule has 0 aliphatic carbocycles. The molecule has 3 rings (SSSR count). The molecule has 1 atom stereocenters. The van der Waals surface area contributed by atoms with Crippen LogP contribution in [-0.4, -0.2) is 5.97 Å². The Kier molecular flexibility index (Phi) is 5.05. The average Bonchev–Trinajstić information content (AvgIpc) is 3.16. The maximum atomic E-state index is 12.5. The second kappa shape index (κ2) is 7.59. The van der Waals surface area contributed by atoms with Gasteiger partial charge in [0.15, 0.2) is 6.10 Å². The molecule has 1 heterocycles. The van der Waals surface area contributed by atoms with Crippen LogP contribution in [0.1, 0.15) is 29.1 Å². The fraction of sp³-hybridized carbons (Fsp3) is 0.105. The summed E-state index contributed by atoms with van der Waals surface area (Å²) in [6.07, 6.45) is -0.233. The largest absolute Gasteiger partial charge is 0.466 e. The third-order valence-corrected chi connectivity index (χ3v) is 3.59. The lowest BCUT2D eigenvalue weighted by molar-refractivity contribution is -0.163. The first-order chi connectivity index (χ1) is 11.8. The lowest BCUT2D eigenvalue weighted by Gasteiger charge is -2.21. The van der Waals surface area contributed by atoms with E-state index < -0.39 is 18.2 Å². The predicted molar refractivity (Wildman–Crippen MR) is 87.5 cm³/mol. The summed E-state index contributed by atoms with van der Waals surface area (Å²) in [6, 6.07) is 22.2. The third kappa shape index (κ3) is 3.53.